The summed E-state index contributed by atoms with van der Waals surface area (Å²) in [6.45, 7) is 2.03. The lowest BCUT2D eigenvalue weighted by Crippen LogP contribution is -2.20. The van der Waals surface area contributed by atoms with Crippen LogP contribution in [0.25, 0.3) is 0 Å². The first-order chi connectivity index (χ1) is 7.74. The van der Waals surface area contributed by atoms with Crippen molar-refractivity contribution in [2.24, 2.45) is 0 Å². The second-order valence-electron chi connectivity index (χ2n) is 3.45. The zero-order valence-electron chi connectivity index (χ0n) is 8.93. The van der Waals surface area contributed by atoms with Crippen LogP contribution in [0.15, 0.2) is 36.0 Å². The Morgan fingerprint density at radius 1 is 1.50 bits per heavy atom. The van der Waals surface area contributed by atoms with Crippen molar-refractivity contribution < 1.29 is 14.6 Å². The molecule has 1 unspecified atom stereocenters. The van der Waals surface area contributed by atoms with E-state index in [2.05, 4.69) is 5.32 Å². The van der Waals surface area contributed by atoms with Crippen LogP contribution in [-0.2, 0) is 9.53 Å². The Labute approximate surface area is 93.5 Å². The summed E-state index contributed by atoms with van der Waals surface area (Å²) in [6, 6.07) is 7.30. The van der Waals surface area contributed by atoms with Crippen LogP contribution >= 0.6 is 0 Å². The quantitative estimate of drug-likeness (QED) is 0.742. The summed E-state index contributed by atoms with van der Waals surface area (Å²) < 4.78 is 4.86. The molecule has 0 spiro atoms. The smallest absolute Gasteiger partial charge is 0.338 e. The van der Waals surface area contributed by atoms with Gasteiger partial charge < -0.3 is 15.2 Å². The average molecular weight is 219 g/mol. The van der Waals surface area contributed by atoms with Gasteiger partial charge in [0.15, 0.2) is 0 Å². The number of esters is 1. The third kappa shape index (κ3) is 1.79. The maximum atomic E-state index is 11.5. The Bertz CT molecular complexity index is 440. The van der Waals surface area contributed by atoms with E-state index < -0.39 is 12.1 Å². The van der Waals surface area contributed by atoms with Crippen LogP contribution in [0.1, 0.15) is 18.6 Å². The van der Waals surface area contributed by atoms with Gasteiger partial charge in [0.05, 0.1) is 12.2 Å². The molecule has 0 radical (unpaired) electrons. The van der Waals surface area contributed by atoms with Gasteiger partial charge in [0.1, 0.15) is 6.10 Å². The fourth-order valence-electron chi connectivity index (χ4n) is 1.65. The zero-order chi connectivity index (χ0) is 11.5. The molecule has 84 valence electrons. The largest absolute Gasteiger partial charge is 0.463 e. The van der Waals surface area contributed by atoms with Crippen molar-refractivity contribution in [3.05, 3.63) is 41.6 Å². The number of para-hydroxylation sites is 1. The summed E-state index contributed by atoms with van der Waals surface area (Å²) in [5, 5.41) is 13.0. The minimum Gasteiger partial charge on any atom is -0.463 e. The molecule has 0 saturated carbocycles. The minimum atomic E-state index is -0.920. The SMILES string of the molecule is CCOC(=O)C1=CNc2ccccc2C1O. The number of carbonyl (C=O) groups excluding carboxylic acids is 1. The summed E-state index contributed by atoms with van der Waals surface area (Å²) in [7, 11) is 0. The van der Waals surface area contributed by atoms with Crippen molar-refractivity contribution in [2.75, 3.05) is 11.9 Å². The van der Waals surface area contributed by atoms with E-state index in [-0.39, 0.29) is 5.57 Å². The molecular weight excluding hydrogens is 206 g/mol. The molecular formula is C12H13NO3. The highest BCUT2D eigenvalue weighted by molar-refractivity contribution is 5.91. The van der Waals surface area contributed by atoms with E-state index in [1.165, 1.54) is 6.20 Å². The van der Waals surface area contributed by atoms with Crippen molar-refractivity contribution in [1.82, 2.24) is 0 Å². The molecule has 0 aliphatic carbocycles. The van der Waals surface area contributed by atoms with Crippen molar-refractivity contribution >= 4 is 11.7 Å². The van der Waals surface area contributed by atoms with E-state index in [1.54, 1.807) is 13.0 Å². The van der Waals surface area contributed by atoms with Gasteiger partial charge in [-0.05, 0) is 13.0 Å². The van der Waals surface area contributed by atoms with Gasteiger partial charge in [0.2, 0.25) is 0 Å². The van der Waals surface area contributed by atoms with Gasteiger partial charge in [-0.2, -0.15) is 0 Å². The van der Waals surface area contributed by atoms with Gasteiger partial charge in [-0.25, -0.2) is 4.79 Å². The molecule has 2 N–H and O–H groups in total. The summed E-state index contributed by atoms with van der Waals surface area (Å²) in [5.74, 6) is -0.489. The molecule has 1 heterocycles. The highest BCUT2D eigenvalue weighted by Crippen LogP contribution is 2.32. The van der Waals surface area contributed by atoms with Crippen LogP contribution in [0.5, 0.6) is 0 Å². The van der Waals surface area contributed by atoms with Crippen molar-refractivity contribution in [3.63, 3.8) is 0 Å². The monoisotopic (exact) mass is 219 g/mol. The van der Waals surface area contributed by atoms with Gasteiger partial charge in [0, 0.05) is 17.5 Å². The Hall–Kier alpha value is -1.81. The lowest BCUT2D eigenvalue weighted by Gasteiger charge is -2.22. The van der Waals surface area contributed by atoms with Gasteiger partial charge >= 0.3 is 5.97 Å². The van der Waals surface area contributed by atoms with Crippen LogP contribution in [-0.4, -0.2) is 17.7 Å². The number of aliphatic hydroxyl groups is 1. The molecule has 1 atom stereocenters. The van der Waals surface area contributed by atoms with Gasteiger partial charge in [-0.3, -0.25) is 0 Å². The van der Waals surface area contributed by atoms with Crippen LogP contribution in [0.4, 0.5) is 5.69 Å². The molecule has 0 bridgehead atoms. The normalized spacial score (nSPS) is 18.1. The minimum absolute atomic E-state index is 0.237. The van der Waals surface area contributed by atoms with Gasteiger partial charge in [-0.1, -0.05) is 18.2 Å². The number of aliphatic hydroxyl groups excluding tert-OH is 1. The van der Waals surface area contributed by atoms with Crippen molar-refractivity contribution in [2.45, 2.75) is 13.0 Å². The fourth-order valence-corrected chi connectivity index (χ4v) is 1.65. The van der Waals surface area contributed by atoms with Crippen molar-refractivity contribution in [1.29, 1.82) is 0 Å². The highest BCUT2D eigenvalue weighted by Gasteiger charge is 2.26. The number of anilines is 1. The summed E-state index contributed by atoms with van der Waals surface area (Å²) in [6.07, 6.45) is 0.571. The van der Waals surface area contributed by atoms with E-state index in [4.69, 9.17) is 4.74 Å². The van der Waals surface area contributed by atoms with E-state index in [9.17, 15) is 9.90 Å². The number of ether oxygens (including phenoxy) is 1. The molecule has 0 fully saturated rings. The predicted octanol–water partition coefficient (Wildman–Crippen LogP) is 1.59. The summed E-state index contributed by atoms with van der Waals surface area (Å²) in [5.41, 5.74) is 1.73. The number of carbonyl (C=O) groups is 1. The third-order valence-electron chi connectivity index (χ3n) is 2.44. The standard InChI is InChI=1S/C12H13NO3/c1-2-16-12(15)9-7-13-10-6-4-3-5-8(10)11(9)14/h3-7,11,13-14H,2H2,1H3. The maximum Gasteiger partial charge on any atom is 0.338 e. The molecule has 0 amide bonds. The fraction of sp³-hybridized carbons (Fsp3) is 0.250. The number of hydrogen-bond donors (Lipinski definition) is 2. The number of fused-ring (bicyclic) bond motifs is 1. The topological polar surface area (TPSA) is 58.6 Å². The highest BCUT2D eigenvalue weighted by atomic mass is 16.5. The van der Waals surface area contributed by atoms with Crippen LogP contribution in [0, 0.1) is 0 Å². The average Bonchev–Trinajstić information content (AvgIpc) is 2.30. The number of rotatable bonds is 2. The van der Waals surface area contributed by atoms with Gasteiger partial charge in [0.25, 0.3) is 0 Å². The van der Waals surface area contributed by atoms with E-state index in [0.29, 0.717) is 12.2 Å². The van der Waals surface area contributed by atoms with Crippen molar-refractivity contribution in [3.8, 4) is 0 Å². The molecule has 0 aromatic heterocycles. The van der Waals surface area contributed by atoms with Crippen LogP contribution < -0.4 is 5.32 Å². The van der Waals surface area contributed by atoms with Gasteiger partial charge in [-0.15, -0.1) is 0 Å². The first-order valence-electron chi connectivity index (χ1n) is 5.14. The Morgan fingerprint density at radius 2 is 2.25 bits per heavy atom. The Balaban J connectivity index is 2.28. The van der Waals surface area contributed by atoms with E-state index in [0.717, 1.165) is 5.69 Å². The zero-order valence-corrected chi connectivity index (χ0v) is 8.93. The molecule has 0 saturated heterocycles. The molecule has 1 aromatic rings. The number of benzene rings is 1. The third-order valence-corrected chi connectivity index (χ3v) is 2.44. The Morgan fingerprint density at radius 3 is 3.00 bits per heavy atom. The molecule has 4 heteroatoms. The first kappa shape index (κ1) is 10.7. The lowest BCUT2D eigenvalue weighted by molar-refractivity contribution is -0.139. The molecule has 2 rings (SSSR count). The van der Waals surface area contributed by atoms with E-state index in [1.807, 2.05) is 18.2 Å². The van der Waals surface area contributed by atoms with Crippen LogP contribution in [0.2, 0.25) is 0 Å². The number of hydrogen-bond acceptors (Lipinski definition) is 4. The predicted molar refractivity (Wildman–Crippen MR) is 59.7 cm³/mol. The second-order valence-corrected chi connectivity index (χ2v) is 3.45. The molecule has 16 heavy (non-hydrogen) atoms. The Kier molecular flexibility index (Phi) is 2.92. The lowest BCUT2D eigenvalue weighted by atomic mass is 9.98. The maximum absolute atomic E-state index is 11.5. The van der Waals surface area contributed by atoms with E-state index >= 15 is 0 Å². The summed E-state index contributed by atoms with van der Waals surface area (Å²) >= 11 is 0. The molecule has 1 aliphatic heterocycles. The molecule has 4 nitrogen and oxygen atoms in total. The second kappa shape index (κ2) is 4.37. The van der Waals surface area contributed by atoms with Crippen LogP contribution in [0.3, 0.4) is 0 Å². The molecule has 1 aromatic carbocycles. The first-order valence-corrected chi connectivity index (χ1v) is 5.14. The summed E-state index contributed by atoms with van der Waals surface area (Å²) in [4.78, 5) is 11.5. The number of nitrogens with one attached hydrogen (secondary N) is 1. The molecule has 1 aliphatic rings.